The van der Waals surface area contributed by atoms with Crippen LogP contribution < -0.4 is 10.1 Å². The van der Waals surface area contributed by atoms with Crippen LogP contribution in [0, 0.1) is 0 Å². The number of hydrogen-bond donors (Lipinski definition) is 1. The van der Waals surface area contributed by atoms with Crippen LogP contribution in [-0.4, -0.2) is 17.5 Å². The van der Waals surface area contributed by atoms with Gasteiger partial charge >= 0.3 is 0 Å². The molecule has 0 bridgehead atoms. The average molecular weight is 496 g/mol. The molecule has 0 atom stereocenters. The van der Waals surface area contributed by atoms with E-state index in [0.717, 1.165) is 37.9 Å². The van der Waals surface area contributed by atoms with E-state index in [2.05, 4.69) is 42.2 Å². The Labute approximate surface area is 172 Å². The maximum absolute atomic E-state index is 12.2. The molecule has 1 amide bonds. The van der Waals surface area contributed by atoms with Crippen LogP contribution in [-0.2, 0) is 11.2 Å². The normalized spacial score (nSPS) is 10.6. The Balaban J connectivity index is 1.61. The minimum atomic E-state index is -0.231. The van der Waals surface area contributed by atoms with E-state index in [1.807, 2.05) is 54.8 Å². The third-order valence-electron chi connectivity index (χ3n) is 3.63. The minimum absolute atomic E-state index is 0.0551. The summed E-state index contributed by atoms with van der Waals surface area (Å²) >= 11 is 8.28. The van der Waals surface area contributed by atoms with Crippen LogP contribution in [0.3, 0.4) is 0 Å². The Morgan fingerprint density at radius 3 is 2.77 bits per heavy atom. The first-order valence-corrected chi connectivity index (χ1v) is 10.4. The fourth-order valence-electron chi connectivity index (χ4n) is 2.38. The zero-order chi connectivity index (χ0) is 18.5. The van der Waals surface area contributed by atoms with Gasteiger partial charge in [0, 0.05) is 19.9 Å². The third kappa shape index (κ3) is 4.93. The number of rotatable bonds is 6. The van der Waals surface area contributed by atoms with Crippen molar-refractivity contribution in [2.24, 2.45) is 0 Å². The molecule has 0 aliphatic carbocycles. The molecule has 0 aliphatic rings. The van der Waals surface area contributed by atoms with Crippen molar-refractivity contribution in [1.82, 2.24) is 4.98 Å². The summed E-state index contributed by atoms with van der Waals surface area (Å²) in [6, 6.07) is 13.6. The number of nitrogens with zero attached hydrogens (tertiary/aromatic N) is 1. The number of nitrogens with one attached hydrogen (secondary N) is 1. The van der Waals surface area contributed by atoms with Gasteiger partial charge in [-0.1, -0.05) is 50.9 Å². The van der Waals surface area contributed by atoms with Crippen molar-refractivity contribution in [2.45, 2.75) is 13.3 Å². The van der Waals surface area contributed by atoms with Crippen molar-refractivity contribution < 1.29 is 9.53 Å². The Hall–Kier alpha value is -1.70. The van der Waals surface area contributed by atoms with Gasteiger partial charge in [-0.2, -0.15) is 0 Å². The summed E-state index contributed by atoms with van der Waals surface area (Å²) in [7, 11) is 0. The predicted octanol–water partition coefficient (Wildman–Crippen LogP) is 5.92. The first-order valence-electron chi connectivity index (χ1n) is 7.97. The monoisotopic (exact) mass is 494 g/mol. The minimum Gasteiger partial charge on any atom is -0.483 e. The van der Waals surface area contributed by atoms with Gasteiger partial charge in [0.1, 0.15) is 5.75 Å². The first-order chi connectivity index (χ1) is 12.5. The second-order valence-electron chi connectivity index (χ2n) is 5.49. The molecule has 0 fully saturated rings. The van der Waals surface area contributed by atoms with Crippen LogP contribution >= 0.6 is 43.2 Å². The van der Waals surface area contributed by atoms with Gasteiger partial charge in [0.2, 0.25) is 0 Å². The lowest BCUT2D eigenvalue weighted by Gasteiger charge is -2.10. The highest BCUT2D eigenvalue weighted by Crippen LogP contribution is 2.27. The van der Waals surface area contributed by atoms with Gasteiger partial charge in [-0.3, -0.25) is 10.1 Å². The standard InChI is InChI=1S/C19H16Br2N2O2S/c1-2-12-8-15(21)6-7-17(12)25-10-18(24)23-19-22-16(11-26-19)13-4-3-5-14(20)9-13/h3-9,11H,2,10H2,1H3,(H,22,23,24). The highest BCUT2D eigenvalue weighted by molar-refractivity contribution is 9.10. The summed E-state index contributed by atoms with van der Waals surface area (Å²) in [4.78, 5) is 16.6. The lowest BCUT2D eigenvalue weighted by molar-refractivity contribution is -0.118. The van der Waals surface area contributed by atoms with Crippen LogP contribution in [0.4, 0.5) is 5.13 Å². The number of anilines is 1. The SMILES string of the molecule is CCc1cc(Br)ccc1OCC(=O)Nc1nc(-c2cccc(Br)c2)cs1. The van der Waals surface area contributed by atoms with Gasteiger partial charge in [0.05, 0.1) is 5.69 Å². The molecular weight excluding hydrogens is 480 g/mol. The molecule has 4 nitrogen and oxygen atoms in total. The lowest BCUT2D eigenvalue weighted by atomic mass is 10.1. The second-order valence-corrected chi connectivity index (χ2v) is 8.18. The van der Waals surface area contributed by atoms with Crippen molar-refractivity contribution in [3.8, 4) is 17.0 Å². The molecule has 0 radical (unpaired) electrons. The van der Waals surface area contributed by atoms with E-state index in [1.165, 1.54) is 11.3 Å². The number of carbonyl (C=O) groups excluding carboxylic acids is 1. The topological polar surface area (TPSA) is 51.2 Å². The van der Waals surface area contributed by atoms with Crippen molar-refractivity contribution >= 4 is 54.2 Å². The summed E-state index contributed by atoms with van der Waals surface area (Å²) in [5.74, 6) is 0.491. The van der Waals surface area contributed by atoms with Crippen molar-refractivity contribution in [3.63, 3.8) is 0 Å². The number of halogens is 2. The molecule has 1 heterocycles. The molecular formula is C19H16Br2N2O2S. The van der Waals surface area contributed by atoms with Crippen LogP contribution in [0.2, 0.25) is 0 Å². The van der Waals surface area contributed by atoms with E-state index in [9.17, 15) is 4.79 Å². The van der Waals surface area contributed by atoms with Crippen LogP contribution in [0.1, 0.15) is 12.5 Å². The molecule has 0 saturated heterocycles. The number of amides is 1. The van der Waals surface area contributed by atoms with E-state index in [4.69, 9.17) is 4.74 Å². The summed E-state index contributed by atoms with van der Waals surface area (Å²) in [5.41, 5.74) is 2.88. The molecule has 3 rings (SSSR count). The predicted molar refractivity (Wildman–Crippen MR) is 113 cm³/mol. The second kappa shape index (κ2) is 8.79. The molecule has 0 saturated carbocycles. The number of benzene rings is 2. The molecule has 2 aromatic carbocycles. The van der Waals surface area contributed by atoms with Gasteiger partial charge in [-0.05, 0) is 42.3 Å². The molecule has 0 aliphatic heterocycles. The van der Waals surface area contributed by atoms with Gasteiger partial charge in [0.15, 0.2) is 11.7 Å². The van der Waals surface area contributed by atoms with Gasteiger partial charge < -0.3 is 4.74 Å². The van der Waals surface area contributed by atoms with Gasteiger partial charge in [-0.25, -0.2) is 4.98 Å². The number of ether oxygens (including phenoxy) is 1. The maximum atomic E-state index is 12.2. The number of carbonyl (C=O) groups is 1. The maximum Gasteiger partial charge on any atom is 0.264 e. The van der Waals surface area contributed by atoms with Crippen LogP contribution in [0.15, 0.2) is 56.8 Å². The summed E-state index contributed by atoms with van der Waals surface area (Å²) in [6.45, 7) is 1.99. The molecule has 1 N–H and O–H groups in total. The molecule has 1 aromatic heterocycles. The van der Waals surface area contributed by atoms with Crippen LogP contribution in [0.25, 0.3) is 11.3 Å². The zero-order valence-electron chi connectivity index (χ0n) is 14.0. The first kappa shape index (κ1) is 19.1. The number of aryl methyl sites for hydroxylation is 1. The highest BCUT2D eigenvalue weighted by Gasteiger charge is 2.10. The highest BCUT2D eigenvalue weighted by atomic mass is 79.9. The Morgan fingerprint density at radius 1 is 1.19 bits per heavy atom. The molecule has 7 heteroatoms. The van der Waals surface area contributed by atoms with E-state index >= 15 is 0 Å². The quantitative estimate of drug-likeness (QED) is 0.462. The van der Waals surface area contributed by atoms with E-state index in [-0.39, 0.29) is 12.5 Å². The van der Waals surface area contributed by atoms with E-state index in [0.29, 0.717) is 5.13 Å². The summed E-state index contributed by atoms with van der Waals surface area (Å²) in [6.07, 6.45) is 0.832. The molecule has 134 valence electrons. The van der Waals surface area contributed by atoms with Crippen molar-refractivity contribution in [2.75, 3.05) is 11.9 Å². The Kier molecular flexibility index (Phi) is 6.45. The Bertz CT molecular complexity index is 927. The summed E-state index contributed by atoms with van der Waals surface area (Å²) < 4.78 is 7.65. The molecule has 3 aromatic rings. The molecule has 0 spiro atoms. The number of thiazole rings is 1. The molecule has 0 unspecified atom stereocenters. The number of aromatic nitrogens is 1. The largest absolute Gasteiger partial charge is 0.483 e. The third-order valence-corrected chi connectivity index (χ3v) is 5.38. The summed E-state index contributed by atoms with van der Waals surface area (Å²) in [5, 5.41) is 5.26. The fraction of sp³-hybridized carbons (Fsp3) is 0.158. The zero-order valence-corrected chi connectivity index (χ0v) is 17.9. The fourth-order valence-corrected chi connectivity index (χ4v) is 3.92. The lowest BCUT2D eigenvalue weighted by Crippen LogP contribution is -2.20. The van der Waals surface area contributed by atoms with Crippen molar-refractivity contribution in [3.05, 3.63) is 62.4 Å². The Morgan fingerprint density at radius 2 is 2.00 bits per heavy atom. The van der Waals surface area contributed by atoms with E-state index < -0.39 is 0 Å². The van der Waals surface area contributed by atoms with Gasteiger partial charge in [-0.15, -0.1) is 11.3 Å². The van der Waals surface area contributed by atoms with Gasteiger partial charge in [0.25, 0.3) is 5.91 Å². The smallest absolute Gasteiger partial charge is 0.264 e. The van der Waals surface area contributed by atoms with Crippen molar-refractivity contribution in [1.29, 1.82) is 0 Å². The number of hydrogen-bond acceptors (Lipinski definition) is 4. The molecule has 26 heavy (non-hydrogen) atoms. The van der Waals surface area contributed by atoms with Crippen LogP contribution in [0.5, 0.6) is 5.75 Å². The average Bonchev–Trinajstić information content (AvgIpc) is 3.09. The van der Waals surface area contributed by atoms with E-state index in [1.54, 1.807) is 0 Å².